The smallest absolute Gasteiger partial charge is 0.269 e. The fourth-order valence-electron chi connectivity index (χ4n) is 3.56. The van der Waals surface area contributed by atoms with Crippen molar-refractivity contribution in [1.29, 1.82) is 5.26 Å². The molecule has 1 saturated carbocycles. The van der Waals surface area contributed by atoms with Crippen LogP contribution in [0.4, 0.5) is 5.69 Å². The summed E-state index contributed by atoms with van der Waals surface area (Å²) in [4.78, 5) is 24.4. The number of likely N-dealkylation sites (tertiary alicyclic amines) is 1. The van der Waals surface area contributed by atoms with Crippen molar-refractivity contribution in [3.05, 3.63) is 39.9 Å². The minimum Gasteiger partial charge on any atom is -0.393 e. The van der Waals surface area contributed by atoms with E-state index in [1.807, 2.05) is 6.07 Å². The molecule has 1 aliphatic heterocycles. The number of carbonyl (C=O) groups excluding carboxylic acids is 1. The number of nitro benzene ring substituents is 1. The summed E-state index contributed by atoms with van der Waals surface area (Å²) in [6.07, 6.45) is 2.32. The molecule has 1 heterocycles. The Morgan fingerprint density at radius 2 is 2.00 bits per heavy atom. The van der Waals surface area contributed by atoms with Crippen molar-refractivity contribution >= 4 is 11.6 Å². The molecule has 7 nitrogen and oxygen atoms in total. The van der Waals surface area contributed by atoms with E-state index in [1.165, 1.54) is 12.1 Å². The van der Waals surface area contributed by atoms with Crippen molar-refractivity contribution in [1.82, 2.24) is 4.90 Å². The summed E-state index contributed by atoms with van der Waals surface area (Å²) in [5, 5.41) is 29.8. The van der Waals surface area contributed by atoms with Gasteiger partial charge in [0, 0.05) is 18.2 Å². The van der Waals surface area contributed by atoms with Gasteiger partial charge in [-0.05, 0) is 31.2 Å². The van der Waals surface area contributed by atoms with Crippen molar-refractivity contribution in [2.45, 2.75) is 43.9 Å². The molecule has 0 spiro atoms. The topological polar surface area (TPSA) is 107 Å². The average molecular weight is 315 g/mol. The standard InChI is InChI=1S/C16H17N3O4/c17-9-14-15(10-2-1-3-12(8-10)19(22)23)18(16(14)21)11-4-6-13(20)7-5-11/h1-3,8,11,13-15,20H,4-7H2/t11?,13?,14-,15-/m1/s1. The molecule has 0 bridgehead atoms. The van der Waals surface area contributed by atoms with Gasteiger partial charge in [-0.25, -0.2) is 0 Å². The van der Waals surface area contributed by atoms with Gasteiger partial charge < -0.3 is 10.0 Å². The fraction of sp³-hybridized carbons (Fsp3) is 0.500. The van der Waals surface area contributed by atoms with E-state index in [0.29, 0.717) is 31.2 Å². The van der Waals surface area contributed by atoms with Crippen LogP contribution < -0.4 is 0 Å². The van der Waals surface area contributed by atoms with Crippen LogP contribution >= 0.6 is 0 Å². The summed E-state index contributed by atoms with van der Waals surface area (Å²) in [7, 11) is 0. The Morgan fingerprint density at radius 3 is 2.61 bits per heavy atom. The Labute approximate surface area is 133 Å². The van der Waals surface area contributed by atoms with E-state index >= 15 is 0 Å². The second-order valence-electron chi connectivity index (χ2n) is 6.11. The number of nitriles is 1. The highest BCUT2D eigenvalue weighted by molar-refractivity contribution is 5.89. The number of β-lactam (4-membered cyclic amide) rings is 1. The lowest BCUT2D eigenvalue weighted by Gasteiger charge is -2.50. The van der Waals surface area contributed by atoms with Crippen LogP contribution in [0.3, 0.4) is 0 Å². The number of aliphatic hydroxyl groups excluding tert-OH is 1. The third-order valence-electron chi connectivity index (χ3n) is 4.76. The van der Waals surface area contributed by atoms with Crippen LogP contribution in [0.5, 0.6) is 0 Å². The summed E-state index contributed by atoms with van der Waals surface area (Å²) in [6.45, 7) is 0. The van der Waals surface area contributed by atoms with Gasteiger partial charge in [-0.2, -0.15) is 5.26 Å². The number of hydrogen-bond acceptors (Lipinski definition) is 5. The van der Waals surface area contributed by atoms with Crippen molar-refractivity contribution in [3.8, 4) is 6.07 Å². The molecule has 1 N–H and O–H groups in total. The van der Waals surface area contributed by atoms with Crippen LogP contribution in [0, 0.1) is 27.4 Å². The van der Waals surface area contributed by atoms with Crippen LogP contribution in [0.25, 0.3) is 0 Å². The van der Waals surface area contributed by atoms with Crippen LogP contribution in [0.1, 0.15) is 37.3 Å². The molecule has 1 aliphatic carbocycles. The van der Waals surface area contributed by atoms with Crippen molar-refractivity contribution < 1.29 is 14.8 Å². The number of rotatable bonds is 3. The summed E-state index contributed by atoms with van der Waals surface area (Å²) < 4.78 is 0. The quantitative estimate of drug-likeness (QED) is 0.521. The second kappa shape index (κ2) is 5.97. The third-order valence-corrected chi connectivity index (χ3v) is 4.76. The number of amides is 1. The first kappa shape index (κ1) is 15.4. The Kier molecular flexibility index (Phi) is 4.01. The molecular weight excluding hydrogens is 298 g/mol. The molecule has 120 valence electrons. The average Bonchev–Trinajstić information content (AvgIpc) is 2.55. The lowest BCUT2D eigenvalue weighted by Crippen LogP contribution is -2.59. The number of benzene rings is 1. The molecule has 2 aliphatic rings. The molecule has 1 aromatic carbocycles. The Bertz CT molecular complexity index is 676. The first-order valence-corrected chi connectivity index (χ1v) is 7.67. The predicted octanol–water partition coefficient (Wildman–Crippen LogP) is 1.92. The molecule has 1 amide bonds. The summed E-state index contributed by atoms with van der Waals surface area (Å²) in [6, 6.07) is 7.69. The molecule has 0 unspecified atom stereocenters. The maximum Gasteiger partial charge on any atom is 0.269 e. The minimum absolute atomic E-state index is 0.0141. The van der Waals surface area contributed by atoms with Gasteiger partial charge in [0.2, 0.25) is 5.91 Å². The molecule has 2 atom stereocenters. The highest BCUT2D eigenvalue weighted by Crippen LogP contribution is 2.44. The zero-order chi connectivity index (χ0) is 16.6. The van der Waals surface area contributed by atoms with Crippen molar-refractivity contribution in [3.63, 3.8) is 0 Å². The normalized spacial score (nSPS) is 30.4. The molecule has 1 saturated heterocycles. The highest BCUT2D eigenvalue weighted by Gasteiger charge is 2.51. The zero-order valence-corrected chi connectivity index (χ0v) is 12.5. The highest BCUT2D eigenvalue weighted by atomic mass is 16.6. The summed E-state index contributed by atoms with van der Waals surface area (Å²) in [5.74, 6) is -1.01. The largest absolute Gasteiger partial charge is 0.393 e. The van der Waals surface area contributed by atoms with E-state index in [9.17, 15) is 25.3 Å². The monoisotopic (exact) mass is 315 g/mol. The molecule has 3 rings (SSSR count). The number of non-ortho nitro benzene ring substituents is 1. The molecule has 1 aromatic rings. The van der Waals surface area contributed by atoms with E-state index in [1.54, 1.807) is 17.0 Å². The Morgan fingerprint density at radius 1 is 1.30 bits per heavy atom. The SMILES string of the molecule is N#C[C@H]1C(=O)N(C2CCC(O)CC2)[C@@H]1c1cccc([N+](=O)[O-])c1. The van der Waals surface area contributed by atoms with Gasteiger partial charge in [0.1, 0.15) is 5.92 Å². The maximum atomic E-state index is 12.3. The Balaban J connectivity index is 1.88. The number of aliphatic hydroxyl groups is 1. The first-order chi connectivity index (χ1) is 11.0. The van der Waals surface area contributed by atoms with E-state index in [2.05, 4.69) is 0 Å². The number of nitro groups is 1. The van der Waals surface area contributed by atoms with Gasteiger partial charge in [0.25, 0.3) is 5.69 Å². The van der Waals surface area contributed by atoms with Crippen LogP contribution in [-0.2, 0) is 4.79 Å². The zero-order valence-electron chi connectivity index (χ0n) is 12.5. The van der Waals surface area contributed by atoms with E-state index in [0.717, 1.165) is 0 Å². The lowest BCUT2D eigenvalue weighted by atomic mass is 9.79. The van der Waals surface area contributed by atoms with Gasteiger partial charge >= 0.3 is 0 Å². The van der Waals surface area contributed by atoms with Crippen molar-refractivity contribution in [2.75, 3.05) is 0 Å². The summed E-state index contributed by atoms with van der Waals surface area (Å²) >= 11 is 0. The second-order valence-corrected chi connectivity index (χ2v) is 6.11. The molecule has 7 heteroatoms. The third kappa shape index (κ3) is 2.66. The van der Waals surface area contributed by atoms with Gasteiger partial charge in [-0.15, -0.1) is 0 Å². The van der Waals surface area contributed by atoms with Gasteiger partial charge in [0.15, 0.2) is 0 Å². The molecular formula is C16H17N3O4. The Hall–Kier alpha value is -2.46. The molecule has 23 heavy (non-hydrogen) atoms. The van der Waals surface area contributed by atoms with E-state index in [4.69, 9.17) is 0 Å². The van der Waals surface area contributed by atoms with Crippen LogP contribution in [-0.4, -0.2) is 33.0 Å². The van der Waals surface area contributed by atoms with Gasteiger partial charge in [0.05, 0.1) is 23.1 Å². The number of carbonyl (C=O) groups is 1. The van der Waals surface area contributed by atoms with Crippen LogP contribution in [0.2, 0.25) is 0 Å². The van der Waals surface area contributed by atoms with E-state index < -0.39 is 16.9 Å². The molecule has 2 fully saturated rings. The predicted molar refractivity (Wildman–Crippen MR) is 80.0 cm³/mol. The van der Waals surface area contributed by atoms with Crippen LogP contribution in [0.15, 0.2) is 24.3 Å². The lowest BCUT2D eigenvalue weighted by molar-refractivity contribution is -0.385. The molecule has 0 aromatic heterocycles. The number of nitrogens with zero attached hydrogens (tertiary/aromatic N) is 3. The van der Waals surface area contributed by atoms with Crippen molar-refractivity contribution in [2.24, 2.45) is 5.92 Å². The first-order valence-electron chi connectivity index (χ1n) is 7.67. The minimum atomic E-state index is -0.788. The van der Waals surface area contributed by atoms with E-state index in [-0.39, 0.29) is 23.7 Å². The maximum absolute atomic E-state index is 12.3. The fourth-order valence-corrected chi connectivity index (χ4v) is 3.56. The number of hydrogen-bond donors (Lipinski definition) is 1. The summed E-state index contributed by atoms with van der Waals surface area (Å²) in [5.41, 5.74) is 0.578. The molecule has 0 radical (unpaired) electrons. The van der Waals surface area contributed by atoms with Gasteiger partial charge in [-0.1, -0.05) is 12.1 Å². The van der Waals surface area contributed by atoms with Gasteiger partial charge in [-0.3, -0.25) is 14.9 Å².